The van der Waals surface area contributed by atoms with Gasteiger partial charge in [0.1, 0.15) is 17.1 Å². The zero-order valence-electron chi connectivity index (χ0n) is 10.9. The van der Waals surface area contributed by atoms with Crippen LogP contribution in [0.1, 0.15) is 38.4 Å². The van der Waals surface area contributed by atoms with E-state index < -0.39 is 0 Å². The van der Waals surface area contributed by atoms with Crippen LogP contribution in [0.15, 0.2) is 6.07 Å². The highest BCUT2D eigenvalue weighted by atomic mass is 35.5. The molecule has 18 heavy (non-hydrogen) atoms. The molecule has 0 aliphatic heterocycles. The largest absolute Gasteiger partial charge is 0.474 e. The van der Waals surface area contributed by atoms with Crippen molar-refractivity contribution in [2.75, 3.05) is 7.11 Å². The predicted molar refractivity (Wildman–Crippen MR) is 70.1 cm³/mol. The lowest BCUT2D eigenvalue weighted by molar-refractivity contribution is 0.0194. The van der Waals surface area contributed by atoms with E-state index in [0.717, 1.165) is 37.9 Å². The Hall–Kier alpha value is -0.870. The number of aromatic nitrogens is 2. The third kappa shape index (κ3) is 3.56. The fourth-order valence-electron chi connectivity index (χ4n) is 2.25. The van der Waals surface area contributed by atoms with E-state index >= 15 is 0 Å². The minimum atomic E-state index is 0.166. The van der Waals surface area contributed by atoms with Crippen LogP contribution in [0.3, 0.4) is 0 Å². The van der Waals surface area contributed by atoms with Gasteiger partial charge in [0.2, 0.25) is 5.88 Å². The van der Waals surface area contributed by atoms with Crippen molar-refractivity contribution < 1.29 is 9.47 Å². The number of rotatable bonds is 4. The van der Waals surface area contributed by atoms with Gasteiger partial charge in [-0.2, -0.15) is 4.98 Å². The summed E-state index contributed by atoms with van der Waals surface area (Å²) < 4.78 is 11.3. The molecule has 5 heteroatoms. The van der Waals surface area contributed by atoms with Gasteiger partial charge in [0.25, 0.3) is 0 Å². The van der Waals surface area contributed by atoms with E-state index in [2.05, 4.69) is 9.97 Å². The summed E-state index contributed by atoms with van der Waals surface area (Å²) in [5.41, 5.74) is 0. The zero-order valence-corrected chi connectivity index (χ0v) is 11.6. The van der Waals surface area contributed by atoms with Crippen LogP contribution in [0.4, 0.5) is 0 Å². The summed E-state index contributed by atoms with van der Waals surface area (Å²) in [6.07, 6.45) is 5.42. The van der Waals surface area contributed by atoms with Gasteiger partial charge in [0, 0.05) is 26.0 Å². The third-order valence-corrected chi connectivity index (χ3v) is 3.43. The van der Waals surface area contributed by atoms with E-state index in [-0.39, 0.29) is 6.10 Å². The van der Waals surface area contributed by atoms with Crippen LogP contribution in [0.5, 0.6) is 5.88 Å². The Morgan fingerprint density at radius 3 is 2.83 bits per heavy atom. The van der Waals surface area contributed by atoms with Crippen LogP contribution in [0.25, 0.3) is 0 Å². The van der Waals surface area contributed by atoms with Gasteiger partial charge in [-0.1, -0.05) is 18.5 Å². The molecular weight excluding hydrogens is 252 g/mol. The first-order valence-electron chi connectivity index (χ1n) is 6.44. The first-order chi connectivity index (χ1) is 8.71. The molecule has 0 saturated heterocycles. The fraction of sp³-hybridized carbons (Fsp3) is 0.692. The minimum absolute atomic E-state index is 0.166. The second kappa shape index (κ2) is 6.34. The average molecular weight is 271 g/mol. The Morgan fingerprint density at radius 1 is 1.33 bits per heavy atom. The van der Waals surface area contributed by atoms with E-state index in [9.17, 15) is 0 Å². The number of halogens is 1. The van der Waals surface area contributed by atoms with Gasteiger partial charge < -0.3 is 9.47 Å². The highest BCUT2D eigenvalue weighted by molar-refractivity contribution is 6.29. The van der Waals surface area contributed by atoms with Gasteiger partial charge >= 0.3 is 0 Å². The van der Waals surface area contributed by atoms with Crippen molar-refractivity contribution in [2.24, 2.45) is 0 Å². The molecule has 2 atom stereocenters. The lowest BCUT2D eigenvalue weighted by Gasteiger charge is -2.28. The van der Waals surface area contributed by atoms with E-state index in [1.165, 1.54) is 0 Å². The fourth-order valence-corrected chi connectivity index (χ4v) is 2.45. The summed E-state index contributed by atoms with van der Waals surface area (Å²) in [6.45, 7) is 2.00. The molecule has 0 spiro atoms. The Bertz CT molecular complexity index is 401. The van der Waals surface area contributed by atoms with Crippen LogP contribution in [0, 0.1) is 0 Å². The zero-order chi connectivity index (χ0) is 13.0. The van der Waals surface area contributed by atoms with E-state index in [4.69, 9.17) is 21.1 Å². The second-order valence-electron chi connectivity index (χ2n) is 4.56. The molecule has 0 aromatic carbocycles. The number of hydrogen-bond donors (Lipinski definition) is 0. The van der Waals surface area contributed by atoms with Crippen LogP contribution in [-0.2, 0) is 11.2 Å². The van der Waals surface area contributed by atoms with E-state index in [1.54, 1.807) is 13.2 Å². The maximum Gasteiger partial charge on any atom is 0.218 e. The molecule has 1 aromatic heterocycles. The molecule has 1 heterocycles. The van der Waals surface area contributed by atoms with Gasteiger partial charge in [0.05, 0.1) is 6.10 Å². The average Bonchev–Trinajstić information content (AvgIpc) is 2.38. The van der Waals surface area contributed by atoms with Crippen molar-refractivity contribution in [3.63, 3.8) is 0 Å². The molecule has 100 valence electrons. The molecule has 2 rings (SSSR count). The van der Waals surface area contributed by atoms with Gasteiger partial charge in [-0.25, -0.2) is 4.98 Å². The van der Waals surface area contributed by atoms with Crippen molar-refractivity contribution in [3.05, 3.63) is 17.0 Å². The Labute approximate surface area is 113 Å². The Morgan fingerprint density at radius 2 is 2.11 bits per heavy atom. The first-order valence-corrected chi connectivity index (χ1v) is 6.82. The topological polar surface area (TPSA) is 44.2 Å². The molecule has 0 bridgehead atoms. The summed E-state index contributed by atoms with van der Waals surface area (Å²) in [7, 11) is 1.75. The van der Waals surface area contributed by atoms with Crippen LogP contribution >= 0.6 is 11.6 Å². The van der Waals surface area contributed by atoms with E-state index in [1.807, 2.05) is 6.92 Å². The van der Waals surface area contributed by atoms with Crippen molar-refractivity contribution in [2.45, 2.75) is 51.2 Å². The van der Waals surface area contributed by atoms with Gasteiger partial charge in [-0.15, -0.1) is 0 Å². The summed E-state index contributed by atoms with van der Waals surface area (Å²) in [4.78, 5) is 8.46. The molecular formula is C13H19ClN2O2. The normalized spacial score (nSPS) is 23.9. The number of ether oxygens (including phenoxy) is 2. The number of hydrogen-bond acceptors (Lipinski definition) is 4. The molecule has 0 amide bonds. The van der Waals surface area contributed by atoms with Crippen molar-refractivity contribution in [1.82, 2.24) is 9.97 Å². The van der Waals surface area contributed by atoms with Gasteiger partial charge in [-0.05, 0) is 19.3 Å². The molecule has 0 radical (unpaired) electrons. The summed E-state index contributed by atoms with van der Waals surface area (Å²) in [5.74, 6) is 1.30. The Balaban J connectivity index is 2.02. The second-order valence-corrected chi connectivity index (χ2v) is 4.95. The third-order valence-electron chi connectivity index (χ3n) is 3.23. The lowest BCUT2D eigenvalue weighted by Crippen LogP contribution is -2.29. The summed E-state index contributed by atoms with van der Waals surface area (Å²) >= 11 is 5.95. The van der Waals surface area contributed by atoms with Gasteiger partial charge in [-0.3, -0.25) is 0 Å². The molecule has 2 unspecified atom stereocenters. The predicted octanol–water partition coefficient (Wildman–Crippen LogP) is 3.03. The molecule has 4 nitrogen and oxygen atoms in total. The molecule has 0 N–H and O–H groups in total. The number of nitrogens with zero attached hydrogens (tertiary/aromatic N) is 2. The SMILES string of the molecule is CCc1nc(Cl)cc(OC2CCCC(OC)C2)n1. The Kier molecular flexibility index (Phi) is 4.78. The minimum Gasteiger partial charge on any atom is -0.474 e. The molecule has 1 fully saturated rings. The maximum atomic E-state index is 5.95. The highest BCUT2D eigenvalue weighted by Crippen LogP contribution is 2.25. The summed E-state index contributed by atoms with van der Waals surface area (Å²) in [6, 6.07) is 1.68. The van der Waals surface area contributed by atoms with Crippen molar-refractivity contribution in [3.8, 4) is 5.88 Å². The van der Waals surface area contributed by atoms with Crippen LogP contribution in [0.2, 0.25) is 5.15 Å². The number of aryl methyl sites for hydroxylation is 1. The first kappa shape index (κ1) is 13.6. The monoisotopic (exact) mass is 270 g/mol. The molecule has 1 aliphatic carbocycles. The maximum absolute atomic E-state index is 5.95. The smallest absolute Gasteiger partial charge is 0.218 e. The highest BCUT2D eigenvalue weighted by Gasteiger charge is 2.23. The molecule has 1 aromatic rings. The summed E-state index contributed by atoms with van der Waals surface area (Å²) in [5, 5.41) is 0.441. The standard InChI is InChI=1S/C13H19ClN2O2/c1-3-12-15-11(14)8-13(16-12)18-10-6-4-5-9(7-10)17-2/h8-10H,3-7H2,1-2H3. The quantitative estimate of drug-likeness (QED) is 0.789. The molecule has 1 saturated carbocycles. The number of methoxy groups -OCH3 is 1. The van der Waals surface area contributed by atoms with E-state index in [0.29, 0.717) is 17.1 Å². The van der Waals surface area contributed by atoms with Crippen LogP contribution in [-0.4, -0.2) is 29.3 Å². The van der Waals surface area contributed by atoms with Gasteiger partial charge in [0.15, 0.2) is 0 Å². The van der Waals surface area contributed by atoms with Crippen molar-refractivity contribution >= 4 is 11.6 Å². The lowest BCUT2D eigenvalue weighted by atomic mass is 9.95. The van der Waals surface area contributed by atoms with Crippen molar-refractivity contribution in [1.29, 1.82) is 0 Å². The molecule has 1 aliphatic rings. The van der Waals surface area contributed by atoms with Crippen LogP contribution < -0.4 is 4.74 Å².